The topological polar surface area (TPSA) is 77.4 Å². The first-order valence-electron chi connectivity index (χ1n) is 5.67. The van der Waals surface area contributed by atoms with Gasteiger partial charge in [-0.25, -0.2) is 0 Å². The van der Waals surface area contributed by atoms with E-state index in [1.807, 2.05) is 60.7 Å². The summed E-state index contributed by atoms with van der Waals surface area (Å²) in [5.74, 6) is -1.27. The second-order valence-electron chi connectivity index (χ2n) is 3.30. The minimum atomic E-state index is -2.36. The number of rotatable bonds is 3. The minimum absolute atomic E-state index is 0. The van der Waals surface area contributed by atoms with Crippen LogP contribution >= 0.6 is 0 Å². The van der Waals surface area contributed by atoms with Gasteiger partial charge in [0.25, 0.3) is 0 Å². The van der Waals surface area contributed by atoms with Crippen LogP contribution in [0.4, 0.5) is 0 Å². The summed E-state index contributed by atoms with van der Waals surface area (Å²) in [6, 6.07) is 25.0. The van der Waals surface area contributed by atoms with Gasteiger partial charge in [-0.2, -0.15) is 72.8 Å². The number of hydrogen-bond acceptors (Lipinski definition) is 4. The standard InChI is InChI=1S/2C6H5.C3H6O4S.W/c2*1-2-4-6-5-3-1;4-1-3(5)2-8(6)7;/h2*1-5H;4H,1-2H2,(H,6,7);/q2*-1;;/p-1. The average Bonchev–Trinajstić information content (AvgIpc) is 2.51. The maximum atomic E-state index is 9.98. The largest absolute Gasteiger partial charge is 0.772 e. The first kappa shape index (κ1) is 22.2. The number of carbonyl (C=O) groups excluding carboxylic acids is 1. The molecule has 0 aliphatic carbocycles. The fourth-order valence-corrected chi connectivity index (χ4v) is 1.22. The Morgan fingerprint density at radius 2 is 1.33 bits per heavy atom. The summed E-state index contributed by atoms with van der Waals surface area (Å²) in [4.78, 5) is 9.98. The fourth-order valence-electron chi connectivity index (χ4n) is 0.861. The summed E-state index contributed by atoms with van der Waals surface area (Å²) in [5.41, 5.74) is 0. The van der Waals surface area contributed by atoms with Crippen molar-refractivity contribution in [2.45, 2.75) is 0 Å². The van der Waals surface area contributed by atoms with Crippen molar-refractivity contribution in [2.24, 2.45) is 0 Å². The monoisotopic (exact) mass is 475 g/mol. The summed E-state index contributed by atoms with van der Waals surface area (Å²) in [5, 5.41) is 7.96. The molecule has 4 nitrogen and oxygen atoms in total. The van der Waals surface area contributed by atoms with Crippen molar-refractivity contribution in [3.05, 3.63) is 72.8 Å². The molecular formula is C15H15O4SW-3. The van der Waals surface area contributed by atoms with Crippen molar-refractivity contribution < 1.29 is 39.7 Å². The molecule has 0 fully saturated rings. The second-order valence-corrected chi connectivity index (χ2v) is 4.20. The molecule has 6 heteroatoms. The number of aliphatic hydroxyl groups excluding tert-OH is 1. The number of Topliss-reactive ketones (excluding diaryl/α,β-unsaturated/α-hetero) is 1. The Kier molecular flexibility index (Phi) is 17.9. The summed E-state index contributed by atoms with van der Waals surface area (Å²) in [7, 11) is 0. The average molecular weight is 475 g/mol. The minimum Gasteiger partial charge on any atom is -0.772 e. The molecule has 0 aromatic heterocycles. The first-order chi connectivity index (χ1) is 9.66. The maximum Gasteiger partial charge on any atom is 0.169 e. The SMILES string of the molecule is O=C(CO)CS(=O)[O-].[W].[c-]1ccccc1.[c-]1ccccc1. The molecule has 2 aromatic carbocycles. The van der Waals surface area contributed by atoms with Gasteiger partial charge in [-0.15, -0.1) is 0 Å². The van der Waals surface area contributed by atoms with Gasteiger partial charge in [0, 0.05) is 21.1 Å². The van der Waals surface area contributed by atoms with Crippen molar-refractivity contribution in [2.75, 3.05) is 12.4 Å². The van der Waals surface area contributed by atoms with Crippen LogP contribution in [0.15, 0.2) is 60.7 Å². The van der Waals surface area contributed by atoms with Crippen LogP contribution in [0.1, 0.15) is 0 Å². The summed E-state index contributed by atoms with van der Waals surface area (Å²) in [6.45, 7) is -0.700. The zero-order valence-corrected chi connectivity index (χ0v) is 14.9. The molecule has 1 N–H and O–H groups in total. The van der Waals surface area contributed by atoms with E-state index in [-0.39, 0.29) is 21.1 Å². The van der Waals surface area contributed by atoms with E-state index >= 15 is 0 Å². The van der Waals surface area contributed by atoms with Crippen LogP contribution in [0.3, 0.4) is 0 Å². The Bertz CT molecular complexity index is 381. The second kappa shape index (κ2) is 16.9. The quantitative estimate of drug-likeness (QED) is 0.538. The number of aliphatic hydroxyl groups is 1. The normalized spacial score (nSPS) is 9.62. The Morgan fingerprint density at radius 3 is 1.43 bits per heavy atom. The fraction of sp³-hybridized carbons (Fsp3) is 0.133. The van der Waals surface area contributed by atoms with Gasteiger partial charge >= 0.3 is 0 Å². The zero-order chi connectivity index (χ0) is 15.1. The maximum absolute atomic E-state index is 9.98. The molecule has 0 aliphatic heterocycles. The van der Waals surface area contributed by atoms with Gasteiger partial charge in [0.05, 0.1) is 5.75 Å². The van der Waals surface area contributed by atoms with Crippen LogP contribution in [-0.2, 0) is 36.9 Å². The van der Waals surface area contributed by atoms with Crippen LogP contribution in [0, 0.1) is 12.1 Å². The first-order valence-corrected chi connectivity index (χ1v) is 6.91. The molecule has 21 heavy (non-hydrogen) atoms. The summed E-state index contributed by atoms with van der Waals surface area (Å²) in [6.07, 6.45) is 0. The predicted octanol–water partition coefficient (Wildman–Crippen LogP) is 1.40. The molecule has 2 rings (SSSR count). The summed E-state index contributed by atoms with van der Waals surface area (Å²) >= 11 is -2.36. The van der Waals surface area contributed by atoms with E-state index in [0.717, 1.165) is 0 Å². The molecule has 0 spiro atoms. The Labute approximate surface area is 141 Å². The van der Waals surface area contributed by atoms with Crippen molar-refractivity contribution >= 4 is 16.9 Å². The molecule has 1 atom stereocenters. The van der Waals surface area contributed by atoms with Crippen molar-refractivity contribution in [1.29, 1.82) is 0 Å². The number of ketones is 1. The van der Waals surface area contributed by atoms with Gasteiger partial charge in [0.15, 0.2) is 5.78 Å². The third kappa shape index (κ3) is 18.9. The van der Waals surface area contributed by atoms with Gasteiger partial charge in [0.1, 0.15) is 6.61 Å². The number of carbonyl (C=O) groups is 1. The van der Waals surface area contributed by atoms with Crippen molar-refractivity contribution in [1.82, 2.24) is 0 Å². The third-order valence-corrected chi connectivity index (χ3v) is 2.23. The van der Waals surface area contributed by atoms with Crippen LogP contribution in [0.5, 0.6) is 0 Å². The Balaban J connectivity index is 0. The van der Waals surface area contributed by atoms with Gasteiger partial charge in [0.2, 0.25) is 0 Å². The molecule has 2 aromatic rings. The zero-order valence-electron chi connectivity index (χ0n) is 11.2. The van der Waals surface area contributed by atoms with Gasteiger partial charge in [-0.1, -0.05) is 0 Å². The van der Waals surface area contributed by atoms with Gasteiger partial charge in [-0.3, -0.25) is 9.00 Å². The summed E-state index contributed by atoms with van der Waals surface area (Å²) < 4.78 is 19.3. The molecule has 0 saturated carbocycles. The predicted molar refractivity (Wildman–Crippen MR) is 76.4 cm³/mol. The van der Waals surface area contributed by atoms with Gasteiger partial charge in [-0.05, 0) is 11.1 Å². The molecule has 0 bridgehead atoms. The van der Waals surface area contributed by atoms with Crippen LogP contribution < -0.4 is 0 Å². The van der Waals surface area contributed by atoms with E-state index in [9.17, 15) is 13.6 Å². The molecule has 114 valence electrons. The molecule has 1 unspecified atom stereocenters. The van der Waals surface area contributed by atoms with E-state index in [0.29, 0.717) is 0 Å². The molecule has 0 heterocycles. The van der Waals surface area contributed by atoms with Crippen molar-refractivity contribution in [3.8, 4) is 0 Å². The molecule has 0 amide bonds. The third-order valence-electron chi connectivity index (χ3n) is 1.67. The van der Waals surface area contributed by atoms with Crippen LogP contribution in [0.25, 0.3) is 0 Å². The van der Waals surface area contributed by atoms with Crippen LogP contribution in [-0.4, -0.2) is 32.0 Å². The van der Waals surface area contributed by atoms with E-state index in [1.165, 1.54) is 0 Å². The molecular weight excluding hydrogens is 460 g/mol. The number of benzene rings is 2. The van der Waals surface area contributed by atoms with E-state index < -0.39 is 29.2 Å². The number of hydrogen-bond donors (Lipinski definition) is 1. The van der Waals surface area contributed by atoms with Gasteiger partial charge < -0.3 is 9.66 Å². The van der Waals surface area contributed by atoms with E-state index in [4.69, 9.17) is 5.11 Å². The smallest absolute Gasteiger partial charge is 0.169 e. The van der Waals surface area contributed by atoms with E-state index in [2.05, 4.69) is 12.1 Å². The van der Waals surface area contributed by atoms with Crippen LogP contribution in [0.2, 0.25) is 0 Å². The van der Waals surface area contributed by atoms with Crippen molar-refractivity contribution in [3.63, 3.8) is 0 Å². The Hall–Kier alpha value is -1.13. The van der Waals surface area contributed by atoms with E-state index in [1.54, 1.807) is 0 Å². The Morgan fingerprint density at radius 1 is 0.952 bits per heavy atom. The molecule has 0 radical (unpaired) electrons. The molecule has 0 saturated heterocycles. The molecule has 0 aliphatic rings.